The van der Waals surface area contributed by atoms with Gasteiger partial charge in [0.15, 0.2) is 29.6 Å². The van der Waals surface area contributed by atoms with Crippen LogP contribution in [-0.4, -0.2) is 45.5 Å². The third-order valence-electron chi connectivity index (χ3n) is 6.10. The molecule has 0 aliphatic carbocycles. The molecule has 4 aromatic carbocycles. The standard InChI is InChI=1S/C33H32BrN3O7/c1-4-42-29-18-24(10-15-28(29)43-20-22-8-6-5-7-9-22)33(39)37-35-19-23-16-27(34)32(30(17-23)41-3)44-21-31(38)36-25-11-13-26(40-2)14-12-25/h5-19H,4,20-21H2,1-3H3,(H,36,38)(H,37,39)/b35-19+. The highest BCUT2D eigenvalue weighted by Crippen LogP contribution is 2.36. The lowest BCUT2D eigenvalue weighted by Gasteiger charge is -2.14. The van der Waals surface area contributed by atoms with Crippen LogP contribution >= 0.6 is 15.9 Å². The highest BCUT2D eigenvalue weighted by Gasteiger charge is 2.15. The van der Waals surface area contributed by atoms with Crippen molar-refractivity contribution in [3.05, 3.63) is 106 Å². The maximum absolute atomic E-state index is 12.8. The van der Waals surface area contributed by atoms with Crippen LogP contribution in [-0.2, 0) is 11.4 Å². The summed E-state index contributed by atoms with van der Waals surface area (Å²) in [6.07, 6.45) is 1.46. The van der Waals surface area contributed by atoms with E-state index in [1.165, 1.54) is 13.3 Å². The van der Waals surface area contributed by atoms with Crippen molar-refractivity contribution in [1.29, 1.82) is 0 Å². The Hall–Kier alpha value is -5.03. The molecule has 0 spiro atoms. The normalized spacial score (nSPS) is 10.6. The Morgan fingerprint density at radius 2 is 1.61 bits per heavy atom. The van der Waals surface area contributed by atoms with Gasteiger partial charge in [-0.2, -0.15) is 5.10 Å². The predicted octanol–water partition coefficient (Wildman–Crippen LogP) is 6.23. The van der Waals surface area contributed by atoms with Crippen LogP contribution in [0, 0.1) is 0 Å². The Balaban J connectivity index is 1.35. The van der Waals surface area contributed by atoms with E-state index < -0.39 is 5.91 Å². The molecule has 0 heterocycles. The van der Waals surface area contributed by atoms with Gasteiger partial charge in [-0.1, -0.05) is 30.3 Å². The highest BCUT2D eigenvalue weighted by atomic mass is 79.9. The minimum atomic E-state index is -0.425. The molecular weight excluding hydrogens is 630 g/mol. The molecule has 0 unspecified atom stereocenters. The molecule has 0 aliphatic heterocycles. The molecule has 0 saturated heterocycles. The van der Waals surface area contributed by atoms with Gasteiger partial charge in [0, 0.05) is 11.3 Å². The van der Waals surface area contributed by atoms with Crippen molar-refractivity contribution in [3.8, 4) is 28.7 Å². The molecule has 228 valence electrons. The summed E-state index contributed by atoms with van der Waals surface area (Å²) in [5.41, 5.74) is 5.12. The van der Waals surface area contributed by atoms with Crippen LogP contribution in [0.5, 0.6) is 28.7 Å². The summed E-state index contributed by atoms with van der Waals surface area (Å²) in [4.78, 5) is 25.2. The van der Waals surface area contributed by atoms with Crippen molar-refractivity contribution in [2.24, 2.45) is 5.10 Å². The molecule has 0 atom stereocenters. The predicted molar refractivity (Wildman–Crippen MR) is 171 cm³/mol. The van der Waals surface area contributed by atoms with Gasteiger partial charge in [0.05, 0.1) is 31.5 Å². The number of anilines is 1. The lowest BCUT2D eigenvalue weighted by Crippen LogP contribution is -2.20. The Labute approximate surface area is 264 Å². The number of carbonyl (C=O) groups excluding carboxylic acids is 2. The quantitative estimate of drug-likeness (QED) is 0.122. The molecular formula is C33H32BrN3O7. The van der Waals surface area contributed by atoms with Crippen LogP contribution in [0.4, 0.5) is 5.69 Å². The van der Waals surface area contributed by atoms with Gasteiger partial charge in [-0.25, -0.2) is 5.43 Å². The van der Waals surface area contributed by atoms with Gasteiger partial charge in [0.1, 0.15) is 12.4 Å². The number of amides is 2. The second-order valence-corrected chi connectivity index (χ2v) is 10.0. The zero-order chi connectivity index (χ0) is 31.3. The molecule has 0 radical (unpaired) electrons. The van der Waals surface area contributed by atoms with Crippen molar-refractivity contribution < 1.29 is 33.3 Å². The molecule has 0 saturated carbocycles. The SMILES string of the molecule is CCOc1cc(C(=O)N/N=C/c2cc(Br)c(OCC(=O)Nc3ccc(OC)cc3)c(OC)c2)ccc1OCc1ccccc1. The number of halogens is 1. The van der Waals surface area contributed by atoms with Gasteiger partial charge in [0.25, 0.3) is 11.8 Å². The van der Waals surface area contributed by atoms with E-state index in [-0.39, 0.29) is 12.5 Å². The maximum Gasteiger partial charge on any atom is 0.271 e. The zero-order valence-corrected chi connectivity index (χ0v) is 26.1. The highest BCUT2D eigenvalue weighted by molar-refractivity contribution is 9.10. The van der Waals surface area contributed by atoms with Crippen molar-refractivity contribution in [2.45, 2.75) is 13.5 Å². The topological polar surface area (TPSA) is 117 Å². The fourth-order valence-corrected chi connectivity index (χ4v) is 4.54. The molecule has 0 aromatic heterocycles. The average Bonchev–Trinajstić information content (AvgIpc) is 3.04. The first kappa shape index (κ1) is 31.9. The van der Waals surface area contributed by atoms with Crippen molar-refractivity contribution in [2.75, 3.05) is 32.8 Å². The first-order valence-electron chi connectivity index (χ1n) is 13.6. The van der Waals surface area contributed by atoms with Crippen LogP contribution in [0.3, 0.4) is 0 Å². The average molecular weight is 663 g/mol. The number of ether oxygens (including phenoxy) is 5. The second kappa shape index (κ2) is 16.0. The van der Waals surface area contributed by atoms with Crippen LogP contribution in [0.15, 0.2) is 94.5 Å². The number of benzene rings is 4. The smallest absolute Gasteiger partial charge is 0.271 e. The van der Waals surface area contributed by atoms with E-state index >= 15 is 0 Å². The number of hydrogen-bond donors (Lipinski definition) is 2. The first-order valence-corrected chi connectivity index (χ1v) is 14.4. The Morgan fingerprint density at radius 1 is 0.841 bits per heavy atom. The first-order chi connectivity index (χ1) is 21.4. The van der Waals surface area contributed by atoms with E-state index in [2.05, 4.69) is 31.8 Å². The minimum Gasteiger partial charge on any atom is -0.497 e. The van der Waals surface area contributed by atoms with Gasteiger partial charge in [0.2, 0.25) is 0 Å². The Morgan fingerprint density at radius 3 is 2.32 bits per heavy atom. The molecule has 11 heteroatoms. The maximum atomic E-state index is 12.8. The minimum absolute atomic E-state index is 0.246. The van der Waals surface area contributed by atoms with Gasteiger partial charge >= 0.3 is 0 Å². The largest absolute Gasteiger partial charge is 0.497 e. The van der Waals surface area contributed by atoms with Crippen molar-refractivity contribution in [3.63, 3.8) is 0 Å². The van der Waals surface area contributed by atoms with Gasteiger partial charge in [-0.3, -0.25) is 9.59 Å². The van der Waals surface area contributed by atoms with E-state index in [4.69, 9.17) is 23.7 Å². The lowest BCUT2D eigenvalue weighted by molar-refractivity contribution is -0.118. The summed E-state index contributed by atoms with van der Waals surface area (Å²) in [5, 5.41) is 6.84. The lowest BCUT2D eigenvalue weighted by atomic mass is 10.2. The van der Waals surface area contributed by atoms with Crippen LogP contribution in [0.25, 0.3) is 0 Å². The molecule has 44 heavy (non-hydrogen) atoms. The molecule has 0 aliphatic rings. The van der Waals surface area contributed by atoms with E-state index in [1.807, 2.05) is 37.3 Å². The number of hydrazone groups is 1. The van der Waals surface area contributed by atoms with Crippen LogP contribution in [0.2, 0.25) is 0 Å². The van der Waals surface area contributed by atoms with Crippen molar-refractivity contribution in [1.82, 2.24) is 5.43 Å². The number of nitrogens with zero attached hydrogens (tertiary/aromatic N) is 1. The molecule has 2 amide bonds. The molecule has 0 bridgehead atoms. The van der Waals surface area contributed by atoms with E-state index in [1.54, 1.807) is 61.7 Å². The molecule has 4 rings (SSSR count). The summed E-state index contributed by atoms with van der Waals surface area (Å²) in [7, 11) is 3.06. The van der Waals surface area contributed by atoms with Crippen LogP contribution in [0.1, 0.15) is 28.4 Å². The van der Waals surface area contributed by atoms with E-state index in [0.29, 0.717) is 63.2 Å². The third-order valence-corrected chi connectivity index (χ3v) is 6.68. The summed E-state index contributed by atoms with van der Waals surface area (Å²) in [6, 6.07) is 25.1. The summed E-state index contributed by atoms with van der Waals surface area (Å²) >= 11 is 3.46. The number of nitrogens with one attached hydrogen (secondary N) is 2. The van der Waals surface area contributed by atoms with Crippen LogP contribution < -0.4 is 34.4 Å². The Bertz CT molecular complexity index is 1600. The third kappa shape index (κ3) is 8.98. The summed E-state index contributed by atoms with van der Waals surface area (Å²) in [6.45, 7) is 2.40. The molecule has 2 N–H and O–H groups in total. The molecule has 0 fully saturated rings. The fraction of sp³-hybridized carbons (Fsp3) is 0.182. The van der Waals surface area contributed by atoms with Gasteiger partial charge in [-0.05, 0) is 88.6 Å². The van der Waals surface area contributed by atoms with E-state index in [0.717, 1.165) is 5.56 Å². The van der Waals surface area contributed by atoms with Crippen molar-refractivity contribution >= 4 is 39.6 Å². The zero-order valence-electron chi connectivity index (χ0n) is 24.5. The molecule has 10 nitrogen and oxygen atoms in total. The fourth-order valence-electron chi connectivity index (χ4n) is 3.97. The number of methoxy groups -OCH3 is 2. The number of carbonyl (C=O) groups is 2. The van der Waals surface area contributed by atoms with Gasteiger partial charge < -0.3 is 29.0 Å². The number of hydrogen-bond acceptors (Lipinski definition) is 8. The Kier molecular flexibility index (Phi) is 11.6. The van der Waals surface area contributed by atoms with E-state index in [9.17, 15) is 9.59 Å². The number of rotatable bonds is 14. The molecule has 4 aromatic rings. The summed E-state index contributed by atoms with van der Waals surface area (Å²) in [5.74, 6) is 1.63. The second-order valence-electron chi connectivity index (χ2n) is 9.17. The van der Waals surface area contributed by atoms with Gasteiger partial charge in [-0.15, -0.1) is 0 Å². The summed E-state index contributed by atoms with van der Waals surface area (Å²) < 4.78 is 28.5. The monoisotopic (exact) mass is 661 g/mol.